The maximum absolute atomic E-state index is 6.65. The summed E-state index contributed by atoms with van der Waals surface area (Å²) >= 11 is 0. The van der Waals surface area contributed by atoms with Gasteiger partial charge in [-0.2, -0.15) is 0 Å². The molecule has 4 heterocycles. The summed E-state index contributed by atoms with van der Waals surface area (Å²) in [5.74, 6) is 2.39. The van der Waals surface area contributed by atoms with Crippen molar-refractivity contribution < 1.29 is 4.74 Å². The highest BCUT2D eigenvalue weighted by molar-refractivity contribution is 6.15. The lowest BCUT2D eigenvalue weighted by molar-refractivity contribution is 0.484. The molecule has 0 aliphatic heterocycles. The quantitative estimate of drug-likeness (QED) is 0.182. The predicted molar refractivity (Wildman–Crippen MR) is 201 cm³/mol. The van der Waals surface area contributed by atoms with Crippen LogP contribution in [-0.4, -0.2) is 18.9 Å². The van der Waals surface area contributed by atoms with Crippen molar-refractivity contribution in [1.82, 2.24) is 18.9 Å². The number of imidazole rings is 1. The minimum Gasteiger partial charge on any atom is -0.457 e. The van der Waals surface area contributed by atoms with Gasteiger partial charge in [0, 0.05) is 33.8 Å². The van der Waals surface area contributed by atoms with E-state index in [0.717, 1.165) is 66.7 Å². The highest BCUT2D eigenvalue weighted by atomic mass is 16.5. The van der Waals surface area contributed by atoms with E-state index in [4.69, 9.17) is 9.72 Å². The Morgan fingerprint density at radius 2 is 1.20 bits per heavy atom. The number of para-hydroxylation sites is 3. The molecule has 0 aliphatic carbocycles. The van der Waals surface area contributed by atoms with E-state index >= 15 is 0 Å². The van der Waals surface area contributed by atoms with E-state index in [0.29, 0.717) is 0 Å². The van der Waals surface area contributed by atoms with E-state index in [-0.39, 0.29) is 0 Å². The van der Waals surface area contributed by atoms with Crippen molar-refractivity contribution in [2.24, 2.45) is 0 Å². The second-order valence-corrected chi connectivity index (χ2v) is 12.8. The molecule has 0 fully saturated rings. The number of nitrogens with zero attached hydrogens (tertiary/aromatic N) is 4. The van der Waals surface area contributed by atoms with Gasteiger partial charge in [0.25, 0.3) is 0 Å². The summed E-state index contributed by atoms with van der Waals surface area (Å²) in [5.41, 5.74) is 11.3. The van der Waals surface area contributed by atoms with Crippen molar-refractivity contribution in [2.75, 3.05) is 0 Å². The predicted octanol–water partition coefficient (Wildman–Crippen LogP) is 11.4. The Bertz CT molecular complexity index is 2920. The van der Waals surface area contributed by atoms with Crippen LogP contribution in [0.3, 0.4) is 0 Å². The number of aromatic nitrogens is 4. The Balaban J connectivity index is 1.16. The van der Waals surface area contributed by atoms with Crippen LogP contribution in [0.15, 0.2) is 146 Å². The van der Waals surface area contributed by atoms with Crippen molar-refractivity contribution in [2.45, 2.75) is 13.8 Å². The summed E-state index contributed by atoms with van der Waals surface area (Å²) < 4.78 is 11.2. The molecule has 0 atom stereocenters. The SMILES string of the molecule is Cc1cccc(C)c1-c1ccc2c3ccc(Oc4ccc5c6ccccc6n(-c6ccccn6)c5c4)cc3c3nc4ccccc4n3c2c1. The highest BCUT2D eigenvalue weighted by Crippen LogP contribution is 2.39. The fraction of sp³-hybridized carbons (Fsp3) is 0.0455. The first-order chi connectivity index (χ1) is 24.1. The number of hydrogen-bond acceptors (Lipinski definition) is 3. The van der Waals surface area contributed by atoms with Gasteiger partial charge in [0.2, 0.25) is 0 Å². The standard InChI is InChI=1S/C44H30N4O/c1-27-10-9-11-28(2)43(27)29-17-20-34-32-21-18-30(25-36(32)44-46-37-13-4-6-15-39(37)48(44)40(34)24-29)49-31-19-22-35-33-12-3-5-14-38(33)47(41(35)26-31)42-16-7-8-23-45-42/h3-26H,1-2H3. The lowest BCUT2D eigenvalue weighted by Gasteiger charge is -2.15. The Kier molecular flexibility index (Phi) is 5.94. The fourth-order valence-corrected chi connectivity index (χ4v) is 7.71. The van der Waals surface area contributed by atoms with Crippen LogP contribution in [0.4, 0.5) is 0 Å². The van der Waals surface area contributed by atoms with Crippen LogP contribution in [0.5, 0.6) is 11.5 Å². The molecule has 0 radical (unpaired) electrons. The van der Waals surface area contributed by atoms with Gasteiger partial charge in [-0.15, -0.1) is 0 Å². The number of pyridine rings is 2. The molecular weight excluding hydrogens is 601 g/mol. The maximum Gasteiger partial charge on any atom is 0.146 e. The monoisotopic (exact) mass is 630 g/mol. The van der Waals surface area contributed by atoms with E-state index in [2.05, 4.69) is 149 Å². The number of ether oxygens (including phenoxy) is 1. The van der Waals surface area contributed by atoms with Crippen LogP contribution in [0, 0.1) is 13.8 Å². The Morgan fingerprint density at radius 1 is 0.510 bits per heavy atom. The smallest absolute Gasteiger partial charge is 0.146 e. The van der Waals surface area contributed by atoms with Crippen molar-refractivity contribution in [3.8, 4) is 28.4 Å². The number of benzene rings is 6. The summed E-state index contributed by atoms with van der Waals surface area (Å²) in [5, 5.41) is 5.70. The molecule has 49 heavy (non-hydrogen) atoms. The molecule has 0 amide bonds. The summed E-state index contributed by atoms with van der Waals surface area (Å²) in [6.07, 6.45) is 1.83. The zero-order valence-electron chi connectivity index (χ0n) is 27.1. The second-order valence-electron chi connectivity index (χ2n) is 12.8. The van der Waals surface area contributed by atoms with Crippen LogP contribution in [-0.2, 0) is 0 Å². The fourth-order valence-electron chi connectivity index (χ4n) is 7.71. The third kappa shape index (κ3) is 4.19. The molecule has 0 spiro atoms. The van der Waals surface area contributed by atoms with Crippen LogP contribution >= 0.6 is 0 Å². The summed E-state index contributed by atoms with van der Waals surface area (Å²) in [4.78, 5) is 9.87. The van der Waals surface area contributed by atoms with E-state index in [1.165, 1.54) is 33.0 Å². The Hall–Kier alpha value is -6.46. The van der Waals surface area contributed by atoms with Gasteiger partial charge >= 0.3 is 0 Å². The molecule has 10 rings (SSSR count). The first-order valence-electron chi connectivity index (χ1n) is 16.6. The average Bonchev–Trinajstić information content (AvgIpc) is 3.68. The maximum atomic E-state index is 6.65. The third-order valence-electron chi connectivity index (χ3n) is 9.85. The minimum absolute atomic E-state index is 0.757. The highest BCUT2D eigenvalue weighted by Gasteiger charge is 2.18. The van der Waals surface area contributed by atoms with E-state index < -0.39 is 0 Å². The first-order valence-corrected chi connectivity index (χ1v) is 16.6. The zero-order chi connectivity index (χ0) is 32.6. The van der Waals surface area contributed by atoms with Crippen molar-refractivity contribution >= 4 is 60.2 Å². The molecule has 10 aromatic rings. The Morgan fingerprint density at radius 3 is 2.04 bits per heavy atom. The molecule has 6 aromatic carbocycles. The summed E-state index contributed by atoms with van der Waals surface area (Å²) in [6, 6.07) is 48.9. The molecule has 5 nitrogen and oxygen atoms in total. The van der Waals surface area contributed by atoms with E-state index in [1.807, 2.05) is 24.4 Å². The lowest BCUT2D eigenvalue weighted by Crippen LogP contribution is -1.96. The van der Waals surface area contributed by atoms with Gasteiger partial charge in [-0.05, 0) is 108 Å². The molecule has 0 bridgehead atoms. The summed E-state index contributed by atoms with van der Waals surface area (Å²) in [7, 11) is 0. The van der Waals surface area contributed by atoms with Gasteiger partial charge in [0.15, 0.2) is 0 Å². The van der Waals surface area contributed by atoms with E-state index in [9.17, 15) is 0 Å². The molecule has 0 saturated heterocycles. The van der Waals surface area contributed by atoms with Crippen LogP contribution < -0.4 is 4.74 Å². The molecular formula is C44H30N4O. The largest absolute Gasteiger partial charge is 0.457 e. The molecule has 5 heteroatoms. The van der Waals surface area contributed by atoms with Crippen molar-refractivity contribution in [1.29, 1.82) is 0 Å². The van der Waals surface area contributed by atoms with Crippen LogP contribution in [0.1, 0.15) is 11.1 Å². The number of hydrogen-bond donors (Lipinski definition) is 0. The zero-order valence-corrected chi connectivity index (χ0v) is 27.1. The Labute approximate surface area is 282 Å². The second kappa shape index (κ2) is 10.5. The van der Waals surface area contributed by atoms with Gasteiger partial charge in [-0.25, -0.2) is 9.97 Å². The van der Waals surface area contributed by atoms with Crippen molar-refractivity contribution in [3.05, 3.63) is 157 Å². The van der Waals surface area contributed by atoms with E-state index in [1.54, 1.807) is 0 Å². The average molecular weight is 631 g/mol. The third-order valence-corrected chi connectivity index (χ3v) is 9.85. The van der Waals surface area contributed by atoms with Gasteiger partial charge in [0.05, 0.1) is 27.6 Å². The minimum atomic E-state index is 0.757. The molecule has 232 valence electrons. The van der Waals surface area contributed by atoms with Crippen LogP contribution in [0.2, 0.25) is 0 Å². The van der Waals surface area contributed by atoms with Gasteiger partial charge in [-0.1, -0.05) is 66.7 Å². The summed E-state index contributed by atoms with van der Waals surface area (Å²) in [6.45, 7) is 4.37. The van der Waals surface area contributed by atoms with Gasteiger partial charge < -0.3 is 4.74 Å². The van der Waals surface area contributed by atoms with Gasteiger partial charge in [-0.3, -0.25) is 8.97 Å². The normalized spacial score (nSPS) is 11.9. The number of rotatable bonds is 4. The lowest BCUT2D eigenvalue weighted by atomic mass is 9.94. The number of aryl methyl sites for hydroxylation is 2. The molecule has 0 saturated carbocycles. The van der Waals surface area contributed by atoms with Gasteiger partial charge in [0.1, 0.15) is 23.0 Å². The molecule has 0 aliphatic rings. The first kappa shape index (κ1) is 27.6. The topological polar surface area (TPSA) is 44.3 Å². The number of fused-ring (bicyclic) bond motifs is 11. The van der Waals surface area contributed by atoms with Crippen molar-refractivity contribution in [3.63, 3.8) is 0 Å². The molecule has 0 N–H and O–H groups in total. The molecule has 4 aromatic heterocycles. The van der Waals surface area contributed by atoms with Crippen LogP contribution in [0.25, 0.3) is 77.1 Å². The molecule has 0 unspecified atom stereocenters.